The number of morpholine rings is 1. The van der Waals surface area contributed by atoms with E-state index < -0.39 is 0 Å². The zero-order chi connectivity index (χ0) is 17.3. The van der Waals surface area contributed by atoms with E-state index in [1.807, 2.05) is 0 Å². The third kappa shape index (κ3) is 12.3. The molecule has 1 heterocycles. The lowest BCUT2D eigenvalue weighted by Crippen LogP contribution is -2.47. The van der Waals surface area contributed by atoms with E-state index >= 15 is 0 Å². The minimum Gasteiger partial charge on any atom is -0.379 e. The Labute approximate surface area is 152 Å². The molecule has 0 atom stereocenters. The van der Waals surface area contributed by atoms with Gasteiger partial charge in [0.1, 0.15) is 0 Å². The molecule has 0 aromatic rings. The molecule has 0 bridgehead atoms. The van der Waals surface area contributed by atoms with Gasteiger partial charge in [-0.1, -0.05) is 90.4 Å². The fourth-order valence-electron chi connectivity index (χ4n) is 3.57. The molecular formula is C21H44N2O. The Hall–Kier alpha value is -0.120. The second-order valence-corrected chi connectivity index (χ2v) is 7.54. The highest BCUT2D eigenvalue weighted by Crippen LogP contribution is 2.13. The molecule has 0 radical (unpaired) electrons. The molecular weight excluding hydrogens is 296 g/mol. The first-order valence-electron chi connectivity index (χ1n) is 10.9. The van der Waals surface area contributed by atoms with Crippen LogP contribution in [0.1, 0.15) is 96.8 Å². The normalized spacial score (nSPS) is 16.1. The molecule has 3 heteroatoms. The topological polar surface area (TPSA) is 15.7 Å². The summed E-state index contributed by atoms with van der Waals surface area (Å²) in [6, 6.07) is 0. The van der Waals surface area contributed by atoms with Crippen LogP contribution in [0.3, 0.4) is 0 Å². The average Bonchev–Trinajstić information content (AvgIpc) is 2.62. The minimum absolute atomic E-state index is 0.892. The van der Waals surface area contributed by atoms with Crippen LogP contribution in [-0.2, 0) is 4.74 Å². The number of nitrogens with zero attached hydrogens (tertiary/aromatic N) is 2. The summed E-state index contributed by atoms with van der Waals surface area (Å²) >= 11 is 0. The van der Waals surface area contributed by atoms with E-state index in [0.717, 1.165) is 26.3 Å². The van der Waals surface area contributed by atoms with Gasteiger partial charge in [-0.3, -0.25) is 0 Å². The summed E-state index contributed by atoms with van der Waals surface area (Å²) in [6.45, 7) is 7.41. The van der Waals surface area contributed by atoms with Gasteiger partial charge in [-0.05, 0) is 6.42 Å². The van der Waals surface area contributed by atoms with Gasteiger partial charge >= 0.3 is 0 Å². The predicted octanol–water partition coefficient (Wildman–Crippen LogP) is 5.65. The smallest absolute Gasteiger partial charge is 0.0608 e. The zero-order valence-corrected chi connectivity index (χ0v) is 16.7. The SMILES string of the molecule is CCCCCCCCCCCCCCCCN(C)N1CCOCC1. The van der Waals surface area contributed by atoms with Gasteiger partial charge in [0.2, 0.25) is 0 Å². The molecule has 0 aliphatic carbocycles. The van der Waals surface area contributed by atoms with Crippen LogP contribution in [0, 0.1) is 0 Å². The third-order valence-corrected chi connectivity index (χ3v) is 5.31. The van der Waals surface area contributed by atoms with E-state index in [-0.39, 0.29) is 0 Å². The number of rotatable bonds is 16. The number of unbranched alkanes of at least 4 members (excludes halogenated alkanes) is 13. The maximum atomic E-state index is 5.41. The van der Waals surface area contributed by atoms with Gasteiger partial charge in [0.15, 0.2) is 0 Å². The van der Waals surface area contributed by atoms with Crippen LogP contribution < -0.4 is 0 Å². The highest BCUT2D eigenvalue weighted by atomic mass is 16.5. The number of hydrogen-bond donors (Lipinski definition) is 0. The first-order valence-corrected chi connectivity index (χ1v) is 10.9. The maximum Gasteiger partial charge on any atom is 0.0608 e. The highest BCUT2D eigenvalue weighted by molar-refractivity contribution is 4.59. The van der Waals surface area contributed by atoms with Gasteiger partial charge in [0.25, 0.3) is 0 Å². The fourth-order valence-corrected chi connectivity index (χ4v) is 3.57. The quantitative estimate of drug-likeness (QED) is 0.338. The molecule has 0 N–H and O–H groups in total. The van der Waals surface area contributed by atoms with Crippen molar-refractivity contribution in [2.45, 2.75) is 96.8 Å². The molecule has 0 unspecified atom stereocenters. The van der Waals surface area contributed by atoms with Crippen LogP contribution in [0.25, 0.3) is 0 Å². The van der Waals surface area contributed by atoms with Crippen molar-refractivity contribution >= 4 is 0 Å². The Morgan fingerprint density at radius 1 is 0.667 bits per heavy atom. The van der Waals surface area contributed by atoms with Crippen molar-refractivity contribution in [2.24, 2.45) is 0 Å². The maximum absolute atomic E-state index is 5.41. The van der Waals surface area contributed by atoms with E-state index in [1.165, 1.54) is 96.4 Å². The van der Waals surface area contributed by atoms with E-state index in [4.69, 9.17) is 4.74 Å². The molecule has 1 rings (SSSR count). The van der Waals surface area contributed by atoms with Crippen molar-refractivity contribution in [2.75, 3.05) is 39.9 Å². The molecule has 1 aliphatic rings. The van der Waals surface area contributed by atoms with E-state index in [9.17, 15) is 0 Å². The summed E-state index contributed by atoms with van der Waals surface area (Å²) in [4.78, 5) is 0. The van der Waals surface area contributed by atoms with E-state index in [1.54, 1.807) is 0 Å². The fraction of sp³-hybridized carbons (Fsp3) is 1.00. The first-order chi connectivity index (χ1) is 11.8. The van der Waals surface area contributed by atoms with E-state index in [0.29, 0.717) is 0 Å². The van der Waals surface area contributed by atoms with Crippen LogP contribution >= 0.6 is 0 Å². The second kappa shape index (κ2) is 16.4. The van der Waals surface area contributed by atoms with Crippen molar-refractivity contribution in [1.82, 2.24) is 10.0 Å². The Balaban J connectivity index is 1.74. The lowest BCUT2D eigenvalue weighted by Gasteiger charge is -2.34. The first kappa shape index (κ1) is 21.9. The molecule has 0 spiro atoms. The Bertz CT molecular complexity index is 254. The number of ether oxygens (including phenoxy) is 1. The van der Waals surface area contributed by atoms with Crippen LogP contribution in [0.2, 0.25) is 0 Å². The monoisotopic (exact) mass is 340 g/mol. The Morgan fingerprint density at radius 2 is 1.08 bits per heavy atom. The summed E-state index contributed by atoms with van der Waals surface area (Å²) in [5, 5.41) is 4.84. The summed E-state index contributed by atoms with van der Waals surface area (Å²) in [7, 11) is 2.23. The van der Waals surface area contributed by atoms with Crippen LogP contribution in [0.5, 0.6) is 0 Å². The largest absolute Gasteiger partial charge is 0.379 e. The van der Waals surface area contributed by atoms with E-state index in [2.05, 4.69) is 24.0 Å². The predicted molar refractivity (Wildman–Crippen MR) is 105 cm³/mol. The van der Waals surface area contributed by atoms with Crippen molar-refractivity contribution in [3.8, 4) is 0 Å². The molecule has 0 aromatic carbocycles. The van der Waals surface area contributed by atoms with Crippen LogP contribution in [0.15, 0.2) is 0 Å². The summed E-state index contributed by atoms with van der Waals surface area (Å²) in [6.07, 6.45) is 20.1. The van der Waals surface area contributed by atoms with Gasteiger partial charge in [-0.15, -0.1) is 0 Å². The molecule has 0 aromatic heterocycles. The highest BCUT2D eigenvalue weighted by Gasteiger charge is 2.13. The van der Waals surface area contributed by atoms with Crippen LogP contribution in [-0.4, -0.2) is 49.9 Å². The molecule has 1 fully saturated rings. The van der Waals surface area contributed by atoms with Gasteiger partial charge in [0, 0.05) is 26.7 Å². The number of hydrazine groups is 1. The third-order valence-electron chi connectivity index (χ3n) is 5.31. The van der Waals surface area contributed by atoms with Crippen molar-refractivity contribution < 1.29 is 4.74 Å². The number of hydrogen-bond acceptors (Lipinski definition) is 3. The molecule has 24 heavy (non-hydrogen) atoms. The van der Waals surface area contributed by atoms with Gasteiger partial charge in [0.05, 0.1) is 13.2 Å². The molecule has 144 valence electrons. The molecule has 1 aliphatic heterocycles. The summed E-state index contributed by atoms with van der Waals surface area (Å²) in [5.41, 5.74) is 0. The summed E-state index contributed by atoms with van der Waals surface area (Å²) in [5.74, 6) is 0. The van der Waals surface area contributed by atoms with Gasteiger partial charge < -0.3 is 4.74 Å². The van der Waals surface area contributed by atoms with Gasteiger partial charge in [-0.25, -0.2) is 10.0 Å². The minimum atomic E-state index is 0.892. The van der Waals surface area contributed by atoms with Crippen molar-refractivity contribution in [3.05, 3.63) is 0 Å². The lowest BCUT2D eigenvalue weighted by molar-refractivity contribution is -0.0759. The molecule has 0 amide bonds. The molecule has 0 saturated carbocycles. The summed E-state index contributed by atoms with van der Waals surface area (Å²) < 4.78 is 5.41. The standard InChI is InChI=1S/C21H44N2O/c1-3-4-5-6-7-8-9-10-11-12-13-14-15-16-17-22(2)23-18-20-24-21-19-23/h3-21H2,1-2H3. The van der Waals surface area contributed by atoms with Crippen molar-refractivity contribution in [3.63, 3.8) is 0 Å². The second-order valence-electron chi connectivity index (χ2n) is 7.54. The Morgan fingerprint density at radius 3 is 1.54 bits per heavy atom. The Kier molecular flexibility index (Phi) is 14.9. The molecule has 3 nitrogen and oxygen atoms in total. The lowest BCUT2D eigenvalue weighted by atomic mass is 10.0. The van der Waals surface area contributed by atoms with Crippen LogP contribution in [0.4, 0.5) is 0 Å². The van der Waals surface area contributed by atoms with Crippen molar-refractivity contribution in [1.29, 1.82) is 0 Å². The van der Waals surface area contributed by atoms with Gasteiger partial charge in [-0.2, -0.15) is 0 Å². The average molecular weight is 341 g/mol. The molecule has 1 saturated heterocycles. The zero-order valence-electron chi connectivity index (χ0n) is 16.7.